The summed E-state index contributed by atoms with van der Waals surface area (Å²) in [5.74, 6) is 0.746. The van der Waals surface area contributed by atoms with Crippen LogP contribution in [0.1, 0.15) is 25.7 Å². The van der Waals surface area contributed by atoms with Gasteiger partial charge in [-0.1, -0.05) is 0 Å². The normalized spacial score (nSPS) is 25.1. The third kappa shape index (κ3) is 7.81. The van der Waals surface area contributed by atoms with Gasteiger partial charge in [0.05, 0.1) is 25.9 Å². The monoisotopic (exact) mass is 349 g/mol. The van der Waals surface area contributed by atoms with E-state index in [4.69, 9.17) is 9.47 Å². The summed E-state index contributed by atoms with van der Waals surface area (Å²) in [7, 11) is 1.69. The Bertz CT molecular complexity index is 328. The van der Waals surface area contributed by atoms with E-state index in [0.29, 0.717) is 19.1 Å². The predicted octanol–water partition coefficient (Wildman–Crippen LogP) is 0.651. The van der Waals surface area contributed by atoms with E-state index in [1.54, 1.807) is 7.11 Å². The Labute approximate surface area is 146 Å². The van der Waals surface area contributed by atoms with E-state index in [1.165, 1.54) is 12.8 Å². The molecule has 2 fully saturated rings. The van der Waals surface area contributed by atoms with Crippen LogP contribution in [0.15, 0.2) is 0 Å². The minimum atomic E-state index is 0. The molecule has 1 amide bonds. The molecule has 6 nitrogen and oxygen atoms in total. The summed E-state index contributed by atoms with van der Waals surface area (Å²) < 4.78 is 10.5. The number of likely N-dealkylation sites (tertiary alicyclic amines) is 1. The molecule has 0 aliphatic carbocycles. The van der Waals surface area contributed by atoms with Crippen LogP contribution in [0.3, 0.4) is 0 Å². The number of piperidine rings is 1. The lowest BCUT2D eigenvalue weighted by atomic mass is 9.98. The Morgan fingerprint density at radius 2 is 2.13 bits per heavy atom. The molecule has 136 valence electrons. The molecule has 2 N–H and O–H groups in total. The van der Waals surface area contributed by atoms with Crippen LogP contribution in [0.5, 0.6) is 0 Å². The van der Waals surface area contributed by atoms with Crippen molar-refractivity contribution in [2.45, 2.75) is 31.7 Å². The lowest BCUT2D eigenvalue weighted by Gasteiger charge is -2.32. The molecule has 0 saturated carbocycles. The van der Waals surface area contributed by atoms with E-state index in [0.717, 1.165) is 52.2 Å². The maximum absolute atomic E-state index is 12.0. The molecule has 0 bridgehead atoms. The highest BCUT2D eigenvalue weighted by molar-refractivity contribution is 5.85. The highest BCUT2D eigenvalue weighted by Gasteiger charge is 2.24. The molecule has 0 aromatic heterocycles. The van der Waals surface area contributed by atoms with Crippen molar-refractivity contribution in [1.29, 1.82) is 0 Å². The fraction of sp³-hybridized carbons (Fsp3) is 0.938. The first kappa shape index (κ1) is 20.6. The second-order valence-electron chi connectivity index (χ2n) is 6.31. The summed E-state index contributed by atoms with van der Waals surface area (Å²) >= 11 is 0. The van der Waals surface area contributed by atoms with Crippen molar-refractivity contribution >= 4 is 18.3 Å². The SMILES string of the molecule is COCCOCCN1CCCC(CNC(=O)C2CCCN2)C1.Cl. The number of carbonyl (C=O) groups is 1. The third-order valence-corrected chi connectivity index (χ3v) is 4.53. The number of amides is 1. The highest BCUT2D eigenvalue weighted by Crippen LogP contribution is 2.15. The van der Waals surface area contributed by atoms with E-state index in [1.807, 2.05) is 0 Å². The van der Waals surface area contributed by atoms with E-state index < -0.39 is 0 Å². The number of carbonyl (C=O) groups excluding carboxylic acids is 1. The zero-order chi connectivity index (χ0) is 15.6. The summed E-state index contributed by atoms with van der Waals surface area (Å²) in [6.07, 6.45) is 4.50. The number of hydrogen-bond donors (Lipinski definition) is 2. The zero-order valence-electron chi connectivity index (χ0n) is 14.2. The van der Waals surface area contributed by atoms with Crippen LogP contribution >= 0.6 is 12.4 Å². The number of nitrogens with zero attached hydrogens (tertiary/aromatic N) is 1. The van der Waals surface area contributed by atoms with Gasteiger partial charge in [-0.2, -0.15) is 0 Å². The fourth-order valence-electron chi connectivity index (χ4n) is 3.24. The number of ether oxygens (including phenoxy) is 2. The van der Waals surface area contributed by atoms with Gasteiger partial charge in [0.2, 0.25) is 5.91 Å². The summed E-state index contributed by atoms with van der Waals surface area (Å²) in [5, 5.41) is 6.37. The van der Waals surface area contributed by atoms with Crippen molar-refractivity contribution in [3.05, 3.63) is 0 Å². The largest absolute Gasteiger partial charge is 0.382 e. The average molecular weight is 350 g/mol. The van der Waals surface area contributed by atoms with Crippen LogP contribution < -0.4 is 10.6 Å². The minimum absolute atomic E-state index is 0. The number of nitrogens with one attached hydrogen (secondary N) is 2. The Balaban J connectivity index is 0.00000264. The number of hydrogen-bond acceptors (Lipinski definition) is 5. The molecule has 2 rings (SSSR count). The maximum Gasteiger partial charge on any atom is 0.237 e. The molecule has 0 radical (unpaired) electrons. The maximum atomic E-state index is 12.0. The van der Waals surface area contributed by atoms with Crippen LogP contribution in [0.25, 0.3) is 0 Å². The number of methoxy groups -OCH3 is 1. The molecule has 2 unspecified atom stereocenters. The quantitative estimate of drug-likeness (QED) is 0.598. The van der Waals surface area contributed by atoms with Crippen molar-refractivity contribution in [2.75, 3.05) is 59.7 Å². The van der Waals surface area contributed by atoms with Crippen molar-refractivity contribution in [2.24, 2.45) is 5.92 Å². The van der Waals surface area contributed by atoms with E-state index in [2.05, 4.69) is 15.5 Å². The van der Waals surface area contributed by atoms with Gasteiger partial charge in [0.25, 0.3) is 0 Å². The Kier molecular flexibility index (Phi) is 10.8. The molecule has 7 heteroatoms. The molecule has 2 atom stereocenters. The van der Waals surface area contributed by atoms with Crippen molar-refractivity contribution in [3.8, 4) is 0 Å². The van der Waals surface area contributed by atoms with Gasteiger partial charge in [-0.3, -0.25) is 4.79 Å². The van der Waals surface area contributed by atoms with Crippen LogP contribution in [-0.4, -0.2) is 76.5 Å². The molecular weight excluding hydrogens is 318 g/mol. The van der Waals surface area contributed by atoms with Crippen LogP contribution in [-0.2, 0) is 14.3 Å². The molecule has 2 saturated heterocycles. The topological polar surface area (TPSA) is 62.8 Å². The van der Waals surface area contributed by atoms with Gasteiger partial charge < -0.3 is 25.0 Å². The zero-order valence-corrected chi connectivity index (χ0v) is 15.0. The van der Waals surface area contributed by atoms with Gasteiger partial charge in [-0.05, 0) is 44.7 Å². The molecule has 0 aromatic rings. The molecule has 23 heavy (non-hydrogen) atoms. The summed E-state index contributed by atoms with van der Waals surface area (Å²) in [6.45, 7) is 7.03. The van der Waals surface area contributed by atoms with Crippen molar-refractivity contribution in [3.63, 3.8) is 0 Å². The highest BCUT2D eigenvalue weighted by atomic mass is 35.5. The number of halogens is 1. The second-order valence-corrected chi connectivity index (χ2v) is 6.31. The molecule has 0 spiro atoms. The van der Waals surface area contributed by atoms with Gasteiger partial charge in [0, 0.05) is 26.7 Å². The standard InChI is InChI=1S/C16H31N3O3.ClH/c1-21-10-11-22-9-8-19-7-3-4-14(13-19)12-18-16(20)15-5-2-6-17-15;/h14-15,17H,2-13H2,1H3,(H,18,20);1H. The van der Waals surface area contributed by atoms with E-state index >= 15 is 0 Å². The van der Waals surface area contributed by atoms with Crippen molar-refractivity contribution in [1.82, 2.24) is 15.5 Å². The Morgan fingerprint density at radius 3 is 2.87 bits per heavy atom. The first-order chi connectivity index (χ1) is 10.8. The van der Waals surface area contributed by atoms with Crippen LogP contribution in [0.4, 0.5) is 0 Å². The van der Waals surface area contributed by atoms with Crippen LogP contribution in [0.2, 0.25) is 0 Å². The molecule has 2 aliphatic heterocycles. The van der Waals surface area contributed by atoms with Gasteiger partial charge in [-0.15, -0.1) is 12.4 Å². The van der Waals surface area contributed by atoms with Gasteiger partial charge in [0.1, 0.15) is 0 Å². The van der Waals surface area contributed by atoms with Gasteiger partial charge >= 0.3 is 0 Å². The fourth-order valence-corrected chi connectivity index (χ4v) is 3.24. The first-order valence-corrected chi connectivity index (χ1v) is 8.59. The Morgan fingerprint density at radius 1 is 1.26 bits per heavy atom. The lowest BCUT2D eigenvalue weighted by Crippen LogP contribution is -2.46. The predicted molar refractivity (Wildman–Crippen MR) is 93.1 cm³/mol. The summed E-state index contributed by atoms with van der Waals surface area (Å²) in [5.41, 5.74) is 0. The smallest absolute Gasteiger partial charge is 0.237 e. The van der Waals surface area contributed by atoms with E-state index in [9.17, 15) is 4.79 Å². The minimum Gasteiger partial charge on any atom is -0.382 e. The van der Waals surface area contributed by atoms with Crippen molar-refractivity contribution < 1.29 is 14.3 Å². The average Bonchev–Trinajstić information content (AvgIpc) is 3.07. The summed E-state index contributed by atoms with van der Waals surface area (Å²) in [6, 6.07) is 0.0360. The molecule has 2 heterocycles. The second kappa shape index (κ2) is 12.0. The molecule has 0 aromatic carbocycles. The summed E-state index contributed by atoms with van der Waals surface area (Å²) in [4.78, 5) is 14.5. The first-order valence-electron chi connectivity index (χ1n) is 8.59. The van der Waals surface area contributed by atoms with Crippen LogP contribution in [0, 0.1) is 5.92 Å². The number of rotatable bonds is 9. The van der Waals surface area contributed by atoms with E-state index in [-0.39, 0.29) is 24.4 Å². The van der Waals surface area contributed by atoms with Gasteiger partial charge in [-0.25, -0.2) is 0 Å². The lowest BCUT2D eigenvalue weighted by molar-refractivity contribution is -0.123. The molecule has 2 aliphatic rings. The third-order valence-electron chi connectivity index (χ3n) is 4.53. The molecular formula is C16H32ClN3O3. The Hall–Kier alpha value is -0.400. The van der Waals surface area contributed by atoms with Gasteiger partial charge in [0.15, 0.2) is 0 Å².